The molecule has 0 aliphatic heterocycles. The third kappa shape index (κ3) is 3.60. The van der Waals surface area contributed by atoms with Gasteiger partial charge in [0.2, 0.25) is 5.95 Å². The first kappa shape index (κ1) is 17.7. The van der Waals surface area contributed by atoms with E-state index in [0.717, 1.165) is 5.56 Å². The molecule has 8 nitrogen and oxygen atoms in total. The van der Waals surface area contributed by atoms with Crippen molar-refractivity contribution in [1.29, 1.82) is 0 Å². The molecule has 0 spiro atoms. The molecule has 0 saturated heterocycles. The lowest BCUT2D eigenvalue weighted by atomic mass is 10.2. The Bertz CT molecular complexity index is 1100. The normalized spacial score (nSPS) is 12.2. The molecule has 0 aliphatic carbocycles. The number of H-pyrrole nitrogens is 1. The molecule has 1 aromatic carbocycles. The topological polar surface area (TPSA) is 97.1 Å². The van der Waals surface area contributed by atoms with Crippen molar-refractivity contribution >= 4 is 34.9 Å². The summed E-state index contributed by atoms with van der Waals surface area (Å²) in [5, 5.41) is 4.74. The van der Waals surface area contributed by atoms with Crippen LogP contribution in [0.2, 0.25) is 0 Å². The van der Waals surface area contributed by atoms with Crippen molar-refractivity contribution in [2.24, 2.45) is 12.1 Å². The Morgan fingerprint density at radius 3 is 2.77 bits per heavy atom. The van der Waals surface area contributed by atoms with E-state index in [0.29, 0.717) is 17.5 Å². The first-order valence-corrected chi connectivity index (χ1v) is 8.21. The zero-order valence-corrected chi connectivity index (χ0v) is 15.0. The van der Waals surface area contributed by atoms with Crippen molar-refractivity contribution in [2.75, 3.05) is 5.43 Å². The van der Waals surface area contributed by atoms with Crippen LogP contribution in [0.5, 0.6) is 0 Å². The molecule has 0 fully saturated rings. The number of nitrogens with one attached hydrogen (secondary N) is 2. The zero-order valence-electron chi connectivity index (χ0n) is 14.2. The Balaban J connectivity index is 2.07. The Hall–Kier alpha value is -3.13. The minimum absolute atomic E-state index is 0.261. The maximum atomic E-state index is 12.3. The van der Waals surface area contributed by atoms with Crippen LogP contribution >= 0.6 is 11.6 Å². The van der Waals surface area contributed by atoms with Gasteiger partial charge in [0, 0.05) is 18.6 Å². The molecule has 2 aromatic heterocycles. The van der Waals surface area contributed by atoms with Gasteiger partial charge in [0.05, 0.1) is 6.21 Å². The molecule has 3 rings (SSSR count). The van der Waals surface area contributed by atoms with Crippen molar-refractivity contribution in [3.8, 4) is 0 Å². The van der Waals surface area contributed by atoms with Crippen molar-refractivity contribution < 1.29 is 0 Å². The lowest BCUT2D eigenvalue weighted by Gasteiger charge is -2.05. The number of nitrogens with zero attached hydrogens (tertiary/aromatic N) is 4. The lowest BCUT2D eigenvalue weighted by Crippen LogP contribution is -2.29. The fourth-order valence-electron chi connectivity index (χ4n) is 2.42. The van der Waals surface area contributed by atoms with Crippen LogP contribution in [0.4, 0.5) is 5.95 Å². The Morgan fingerprint density at radius 1 is 1.35 bits per heavy atom. The Kier molecular flexibility index (Phi) is 5.04. The Labute approximate surface area is 153 Å². The van der Waals surface area contributed by atoms with E-state index in [1.165, 1.54) is 11.6 Å². The van der Waals surface area contributed by atoms with E-state index in [9.17, 15) is 9.59 Å². The largest absolute Gasteiger partial charge is 0.329 e. The van der Waals surface area contributed by atoms with Crippen molar-refractivity contribution in [1.82, 2.24) is 19.1 Å². The van der Waals surface area contributed by atoms with Gasteiger partial charge in [0.25, 0.3) is 5.56 Å². The number of imidazole rings is 1. The minimum atomic E-state index is -0.532. The maximum Gasteiger partial charge on any atom is 0.329 e. The number of aromatic nitrogens is 4. The monoisotopic (exact) mass is 372 g/mol. The fraction of sp³-hybridized carbons (Fsp3) is 0.176. The number of rotatable bonds is 5. The van der Waals surface area contributed by atoms with Gasteiger partial charge in [-0.2, -0.15) is 10.1 Å². The summed E-state index contributed by atoms with van der Waals surface area (Å²) in [6.07, 6.45) is 3.37. The Morgan fingerprint density at radius 2 is 2.08 bits per heavy atom. The lowest BCUT2D eigenvalue weighted by molar-refractivity contribution is 0.818. The number of allylic oxidation sites excluding steroid dienone is 2. The molecule has 2 heterocycles. The number of halogens is 1. The second kappa shape index (κ2) is 7.40. The van der Waals surface area contributed by atoms with E-state index in [1.54, 1.807) is 23.8 Å². The fourth-order valence-corrected chi connectivity index (χ4v) is 2.49. The van der Waals surface area contributed by atoms with Crippen LogP contribution in [0.1, 0.15) is 12.5 Å². The summed E-state index contributed by atoms with van der Waals surface area (Å²) in [6.45, 7) is 2.04. The maximum absolute atomic E-state index is 12.3. The minimum Gasteiger partial charge on any atom is -0.299 e. The number of aryl methyl sites for hydroxylation is 1. The highest BCUT2D eigenvalue weighted by Crippen LogP contribution is 2.16. The summed E-state index contributed by atoms with van der Waals surface area (Å²) in [4.78, 5) is 30.7. The standard InChI is InChI=1S/C17H17ClN6O2/c1-11(18)8-9-24-13-14(23(2)17(26)21-15(13)25)20-16(24)22-19-10-12-6-4-3-5-7-12/h3-8,10H,9H2,1-2H3,(H,20,22)(H,21,25,26)/b11-8-,19-10?. The van der Waals surface area contributed by atoms with E-state index in [-0.39, 0.29) is 11.2 Å². The number of aromatic amines is 1. The summed E-state index contributed by atoms with van der Waals surface area (Å²) >= 11 is 5.92. The third-order valence-electron chi connectivity index (χ3n) is 3.74. The summed E-state index contributed by atoms with van der Waals surface area (Å²) in [6, 6.07) is 9.53. The van der Waals surface area contributed by atoms with Gasteiger partial charge in [-0.3, -0.25) is 18.9 Å². The average Bonchev–Trinajstić information content (AvgIpc) is 2.98. The molecule has 0 aliphatic rings. The number of benzene rings is 1. The highest BCUT2D eigenvalue weighted by atomic mass is 35.5. The van der Waals surface area contributed by atoms with Gasteiger partial charge in [-0.1, -0.05) is 48.0 Å². The summed E-state index contributed by atoms with van der Waals surface area (Å²) in [5.74, 6) is 0.327. The van der Waals surface area contributed by atoms with Crippen LogP contribution in [0.25, 0.3) is 11.2 Å². The van der Waals surface area contributed by atoms with E-state index >= 15 is 0 Å². The predicted molar refractivity (Wildman–Crippen MR) is 103 cm³/mol. The molecular weight excluding hydrogens is 356 g/mol. The molecule has 3 aromatic rings. The first-order valence-electron chi connectivity index (χ1n) is 7.83. The van der Waals surface area contributed by atoms with Crippen LogP contribution in [-0.4, -0.2) is 25.3 Å². The predicted octanol–water partition coefficient (Wildman–Crippen LogP) is 2.01. The number of anilines is 1. The third-order valence-corrected chi connectivity index (χ3v) is 3.89. The molecule has 9 heteroatoms. The van der Waals surface area contributed by atoms with E-state index in [2.05, 4.69) is 20.5 Å². The molecule has 0 saturated carbocycles. The first-order chi connectivity index (χ1) is 12.5. The second-order valence-corrected chi connectivity index (χ2v) is 6.20. The van der Waals surface area contributed by atoms with Gasteiger partial charge in [0.15, 0.2) is 11.2 Å². The molecular formula is C17H17ClN6O2. The summed E-state index contributed by atoms with van der Waals surface area (Å²) < 4.78 is 2.89. The number of hydrazone groups is 1. The van der Waals surface area contributed by atoms with Gasteiger partial charge in [-0.25, -0.2) is 10.2 Å². The molecule has 0 amide bonds. The highest BCUT2D eigenvalue weighted by molar-refractivity contribution is 6.29. The highest BCUT2D eigenvalue weighted by Gasteiger charge is 2.16. The molecule has 0 bridgehead atoms. The van der Waals surface area contributed by atoms with Gasteiger partial charge in [-0.05, 0) is 12.5 Å². The summed E-state index contributed by atoms with van der Waals surface area (Å²) in [5.41, 5.74) is 3.21. The van der Waals surface area contributed by atoms with Gasteiger partial charge < -0.3 is 0 Å². The smallest absolute Gasteiger partial charge is 0.299 e. The van der Waals surface area contributed by atoms with E-state index in [1.807, 2.05) is 30.3 Å². The number of fused-ring (bicyclic) bond motifs is 1. The second-order valence-electron chi connectivity index (χ2n) is 5.61. The quantitative estimate of drug-likeness (QED) is 0.529. The van der Waals surface area contributed by atoms with E-state index in [4.69, 9.17) is 11.6 Å². The SMILES string of the molecule is C/C(Cl)=C/Cn1c(NN=Cc2ccccc2)nc2c1c(=O)[nH]c(=O)n2C. The average molecular weight is 373 g/mol. The molecule has 26 heavy (non-hydrogen) atoms. The van der Waals surface area contributed by atoms with Crippen LogP contribution in [-0.2, 0) is 13.6 Å². The molecule has 0 radical (unpaired) electrons. The van der Waals surface area contributed by atoms with Crippen LogP contribution in [0.3, 0.4) is 0 Å². The zero-order chi connectivity index (χ0) is 18.7. The molecule has 0 atom stereocenters. The van der Waals surface area contributed by atoms with Crippen molar-refractivity contribution in [2.45, 2.75) is 13.5 Å². The van der Waals surface area contributed by atoms with Crippen molar-refractivity contribution in [3.05, 3.63) is 67.8 Å². The van der Waals surface area contributed by atoms with Gasteiger partial charge >= 0.3 is 5.69 Å². The van der Waals surface area contributed by atoms with Crippen LogP contribution in [0, 0.1) is 0 Å². The summed E-state index contributed by atoms with van der Waals surface area (Å²) in [7, 11) is 1.54. The number of hydrogen-bond acceptors (Lipinski definition) is 5. The molecule has 2 N–H and O–H groups in total. The van der Waals surface area contributed by atoms with Crippen LogP contribution < -0.4 is 16.7 Å². The number of hydrogen-bond donors (Lipinski definition) is 2. The molecule has 0 unspecified atom stereocenters. The van der Waals surface area contributed by atoms with Gasteiger partial charge in [0.1, 0.15) is 0 Å². The van der Waals surface area contributed by atoms with Crippen molar-refractivity contribution in [3.63, 3.8) is 0 Å². The molecule has 134 valence electrons. The van der Waals surface area contributed by atoms with E-state index < -0.39 is 11.2 Å². The van der Waals surface area contributed by atoms with Gasteiger partial charge in [-0.15, -0.1) is 0 Å². The van der Waals surface area contributed by atoms with Crippen LogP contribution in [0.15, 0.2) is 56.1 Å².